The lowest BCUT2D eigenvalue weighted by Gasteiger charge is -2.34. The van der Waals surface area contributed by atoms with Gasteiger partial charge in [-0.1, -0.05) is 25.1 Å². The third-order valence-electron chi connectivity index (χ3n) is 3.61. The minimum absolute atomic E-state index is 0.164. The molecule has 2 unspecified atom stereocenters. The Morgan fingerprint density at radius 1 is 1.47 bits per heavy atom. The Bertz CT molecular complexity index is 491. The van der Waals surface area contributed by atoms with Gasteiger partial charge in [-0.3, -0.25) is 4.79 Å². The molecule has 0 spiro atoms. The monoisotopic (exact) mass is 231 g/mol. The largest absolute Gasteiger partial charge is 0.299 e. The third kappa shape index (κ3) is 1.95. The molecular weight excluding hydrogens is 217 g/mol. The summed E-state index contributed by atoms with van der Waals surface area (Å²) in [5.74, 6) is -0.342. The van der Waals surface area contributed by atoms with Crippen molar-refractivity contribution in [3.05, 3.63) is 35.6 Å². The van der Waals surface area contributed by atoms with E-state index < -0.39 is 5.41 Å². The minimum Gasteiger partial charge on any atom is -0.299 e. The maximum absolute atomic E-state index is 13.8. The Labute approximate surface area is 100 Å². The normalized spacial score (nSPS) is 28.8. The standard InChI is InChI=1S/C14H14FNO/c1-10-8-14(9-16,7-6-13(10)17)11-4-2-3-5-12(11)15/h2-5,10H,6-8H2,1H3. The van der Waals surface area contributed by atoms with Crippen LogP contribution in [0.25, 0.3) is 0 Å². The van der Waals surface area contributed by atoms with Crippen molar-refractivity contribution in [3.63, 3.8) is 0 Å². The van der Waals surface area contributed by atoms with Gasteiger partial charge in [-0.15, -0.1) is 0 Å². The summed E-state index contributed by atoms with van der Waals surface area (Å²) in [4.78, 5) is 11.5. The van der Waals surface area contributed by atoms with Gasteiger partial charge in [0, 0.05) is 17.9 Å². The summed E-state index contributed by atoms with van der Waals surface area (Å²) in [7, 11) is 0. The van der Waals surface area contributed by atoms with Crippen LogP contribution in [0.3, 0.4) is 0 Å². The lowest BCUT2D eigenvalue weighted by Crippen LogP contribution is -2.36. The number of hydrogen-bond donors (Lipinski definition) is 0. The van der Waals surface area contributed by atoms with E-state index in [1.807, 2.05) is 6.92 Å². The van der Waals surface area contributed by atoms with E-state index >= 15 is 0 Å². The van der Waals surface area contributed by atoms with Crippen molar-refractivity contribution in [2.75, 3.05) is 0 Å². The third-order valence-corrected chi connectivity index (χ3v) is 3.61. The predicted molar refractivity (Wildman–Crippen MR) is 61.7 cm³/mol. The van der Waals surface area contributed by atoms with Crippen LogP contribution in [0.5, 0.6) is 0 Å². The van der Waals surface area contributed by atoms with E-state index in [1.165, 1.54) is 6.07 Å². The van der Waals surface area contributed by atoms with Crippen LogP contribution in [0.1, 0.15) is 31.7 Å². The number of hydrogen-bond acceptors (Lipinski definition) is 2. The number of carbonyl (C=O) groups is 1. The van der Waals surface area contributed by atoms with Crippen LogP contribution < -0.4 is 0 Å². The first kappa shape index (κ1) is 11.8. The summed E-state index contributed by atoms with van der Waals surface area (Å²) < 4.78 is 13.8. The first-order chi connectivity index (χ1) is 8.09. The van der Waals surface area contributed by atoms with Crippen molar-refractivity contribution in [2.24, 2.45) is 5.92 Å². The lowest BCUT2D eigenvalue weighted by molar-refractivity contribution is -0.124. The fourth-order valence-electron chi connectivity index (χ4n) is 2.58. The highest BCUT2D eigenvalue weighted by molar-refractivity contribution is 5.82. The number of carbonyl (C=O) groups excluding carboxylic acids is 1. The molecule has 0 N–H and O–H groups in total. The molecule has 0 amide bonds. The molecule has 1 fully saturated rings. The second-order valence-corrected chi connectivity index (χ2v) is 4.75. The number of ketones is 1. The molecule has 2 nitrogen and oxygen atoms in total. The summed E-state index contributed by atoms with van der Waals surface area (Å²) in [6.45, 7) is 1.81. The molecule has 1 aliphatic rings. The molecule has 2 rings (SSSR count). The predicted octanol–water partition coefficient (Wildman–Crippen LogP) is 2.98. The molecule has 17 heavy (non-hydrogen) atoms. The average Bonchev–Trinajstić information content (AvgIpc) is 2.34. The number of nitriles is 1. The summed E-state index contributed by atoms with van der Waals surface area (Å²) in [5.41, 5.74) is -0.402. The summed E-state index contributed by atoms with van der Waals surface area (Å²) >= 11 is 0. The van der Waals surface area contributed by atoms with Crippen molar-refractivity contribution in [1.82, 2.24) is 0 Å². The van der Waals surface area contributed by atoms with Crippen LogP contribution in [0, 0.1) is 23.1 Å². The zero-order valence-corrected chi connectivity index (χ0v) is 9.74. The second-order valence-electron chi connectivity index (χ2n) is 4.75. The molecule has 0 aromatic heterocycles. The second kappa shape index (κ2) is 4.29. The van der Waals surface area contributed by atoms with Gasteiger partial charge in [0.05, 0.1) is 11.5 Å². The van der Waals surface area contributed by atoms with E-state index in [9.17, 15) is 14.4 Å². The quantitative estimate of drug-likeness (QED) is 0.745. The number of Topliss-reactive ketones (excluding diaryl/α,β-unsaturated/α-hetero) is 1. The molecule has 0 bridgehead atoms. The SMILES string of the molecule is CC1CC(C#N)(c2ccccc2F)CCC1=O. The van der Waals surface area contributed by atoms with Crippen molar-refractivity contribution >= 4 is 5.78 Å². The smallest absolute Gasteiger partial charge is 0.135 e. The van der Waals surface area contributed by atoms with Crippen LogP contribution in [0.15, 0.2) is 24.3 Å². The van der Waals surface area contributed by atoms with Gasteiger partial charge in [-0.25, -0.2) is 4.39 Å². The van der Waals surface area contributed by atoms with Gasteiger partial charge < -0.3 is 0 Å². The molecule has 2 atom stereocenters. The first-order valence-electron chi connectivity index (χ1n) is 5.78. The Morgan fingerprint density at radius 2 is 2.18 bits per heavy atom. The summed E-state index contributed by atoms with van der Waals surface area (Å²) in [6.07, 6.45) is 1.21. The van der Waals surface area contributed by atoms with Gasteiger partial charge in [0.1, 0.15) is 11.6 Å². The molecule has 1 saturated carbocycles. The van der Waals surface area contributed by atoms with Gasteiger partial charge in [0.15, 0.2) is 0 Å². The molecule has 0 radical (unpaired) electrons. The zero-order valence-electron chi connectivity index (χ0n) is 9.74. The number of rotatable bonds is 1. The first-order valence-corrected chi connectivity index (χ1v) is 5.78. The Hall–Kier alpha value is -1.69. The van der Waals surface area contributed by atoms with Crippen LogP contribution in [0.4, 0.5) is 4.39 Å². The molecule has 1 aromatic rings. The molecule has 88 valence electrons. The molecule has 0 heterocycles. The number of benzene rings is 1. The highest BCUT2D eigenvalue weighted by atomic mass is 19.1. The summed E-state index contributed by atoms with van der Waals surface area (Å²) in [5, 5.41) is 9.40. The van der Waals surface area contributed by atoms with Crippen LogP contribution in [-0.2, 0) is 10.2 Å². The van der Waals surface area contributed by atoms with E-state index in [0.29, 0.717) is 24.8 Å². The highest BCUT2D eigenvalue weighted by Crippen LogP contribution is 2.41. The van der Waals surface area contributed by atoms with E-state index in [0.717, 1.165) is 0 Å². The molecule has 0 aliphatic heterocycles. The fourth-order valence-corrected chi connectivity index (χ4v) is 2.58. The average molecular weight is 231 g/mol. The molecule has 3 heteroatoms. The maximum atomic E-state index is 13.8. The summed E-state index contributed by atoms with van der Waals surface area (Å²) in [6, 6.07) is 8.60. The van der Waals surface area contributed by atoms with Crippen LogP contribution >= 0.6 is 0 Å². The van der Waals surface area contributed by atoms with Gasteiger partial charge in [-0.2, -0.15) is 5.26 Å². The van der Waals surface area contributed by atoms with Crippen molar-refractivity contribution in [3.8, 4) is 6.07 Å². The topological polar surface area (TPSA) is 40.9 Å². The van der Waals surface area contributed by atoms with Crippen LogP contribution in [-0.4, -0.2) is 5.78 Å². The maximum Gasteiger partial charge on any atom is 0.135 e. The Balaban J connectivity index is 2.43. The van der Waals surface area contributed by atoms with E-state index in [-0.39, 0.29) is 17.5 Å². The lowest BCUT2D eigenvalue weighted by atomic mass is 9.66. The van der Waals surface area contributed by atoms with E-state index in [4.69, 9.17) is 0 Å². The van der Waals surface area contributed by atoms with Gasteiger partial charge >= 0.3 is 0 Å². The fraction of sp³-hybridized carbons (Fsp3) is 0.429. The highest BCUT2D eigenvalue weighted by Gasteiger charge is 2.41. The molecule has 0 saturated heterocycles. The van der Waals surface area contributed by atoms with Crippen molar-refractivity contribution in [1.29, 1.82) is 5.26 Å². The Morgan fingerprint density at radius 3 is 2.76 bits per heavy atom. The molecular formula is C14H14FNO. The van der Waals surface area contributed by atoms with Gasteiger partial charge in [0.2, 0.25) is 0 Å². The zero-order chi connectivity index (χ0) is 12.5. The van der Waals surface area contributed by atoms with Crippen LogP contribution in [0.2, 0.25) is 0 Å². The van der Waals surface area contributed by atoms with Crippen molar-refractivity contribution < 1.29 is 9.18 Å². The Kier molecular flexibility index (Phi) is 2.97. The van der Waals surface area contributed by atoms with E-state index in [1.54, 1.807) is 18.2 Å². The minimum atomic E-state index is -0.835. The van der Waals surface area contributed by atoms with Gasteiger partial charge in [0.25, 0.3) is 0 Å². The molecule has 1 aliphatic carbocycles. The van der Waals surface area contributed by atoms with Crippen molar-refractivity contribution in [2.45, 2.75) is 31.6 Å². The van der Waals surface area contributed by atoms with Gasteiger partial charge in [-0.05, 0) is 18.9 Å². The molecule has 1 aromatic carbocycles. The number of nitrogens with zero attached hydrogens (tertiary/aromatic N) is 1. The number of halogens is 1. The van der Waals surface area contributed by atoms with E-state index in [2.05, 4.69) is 6.07 Å².